The Kier molecular flexibility index (Phi) is 5.45. The molecule has 9 heteroatoms. The number of aryl methyl sites for hydroxylation is 2. The molecule has 1 aromatic carbocycles. The van der Waals surface area contributed by atoms with Crippen molar-refractivity contribution < 1.29 is 9.32 Å². The Labute approximate surface area is 182 Å². The highest BCUT2D eigenvalue weighted by atomic mass is 32.1. The number of carbonyl (C=O) groups is 1. The molecule has 0 saturated heterocycles. The number of benzene rings is 1. The van der Waals surface area contributed by atoms with Gasteiger partial charge in [-0.3, -0.25) is 15.0 Å². The summed E-state index contributed by atoms with van der Waals surface area (Å²) in [6.07, 6.45) is 1.73. The van der Waals surface area contributed by atoms with Gasteiger partial charge in [0.05, 0.1) is 5.39 Å². The Bertz CT molecular complexity index is 1300. The Morgan fingerprint density at radius 1 is 1.23 bits per heavy atom. The molecule has 1 amide bonds. The van der Waals surface area contributed by atoms with Gasteiger partial charge in [-0.25, -0.2) is 9.66 Å². The van der Waals surface area contributed by atoms with E-state index in [1.165, 1.54) is 17.7 Å². The maximum Gasteiger partial charge on any atom is 0.281 e. The number of hydrogen-bond donors (Lipinski definition) is 1. The largest absolute Gasteiger partial charge is 0.339 e. The van der Waals surface area contributed by atoms with E-state index in [4.69, 9.17) is 4.52 Å². The topological polar surface area (TPSA) is 103 Å². The van der Waals surface area contributed by atoms with Gasteiger partial charge in [-0.2, -0.15) is 4.98 Å². The Hall–Kier alpha value is -3.33. The first kappa shape index (κ1) is 20.9. The third-order valence-electron chi connectivity index (χ3n) is 4.80. The van der Waals surface area contributed by atoms with Crippen molar-refractivity contribution in [1.29, 1.82) is 0 Å². The predicted molar refractivity (Wildman–Crippen MR) is 120 cm³/mol. The number of hydrogen-bond acceptors (Lipinski definition) is 7. The van der Waals surface area contributed by atoms with Crippen molar-refractivity contribution in [2.45, 2.75) is 46.0 Å². The number of thiophene rings is 1. The first-order chi connectivity index (χ1) is 14.7. The molecule has 0 aliphatic carbocycles. The zero-order valence-electron chi connectivity index (χ0n) is 17.8. The average molecular weight is 438 g/mol. The summed E-state index contributed by atoms with van der Waals surface area (Å²) in [6, 6.07) is 9.70. The van der Waals surface area contributed by atoms with Crippen molar-refractivity contribution in [1.82, 2.24) is 19.8 Å². The van der Waals surface area contributed by atoms with Crippen LogP contribution in [0.5, 0.6) is 0 Å². The fourth-order valence-corrected chi connectivity index (χ4v) is 4.21. The number of aromatic nitrogens is 4. The molecular formula is C22H23N5O3S. The Morgan fingerprint density at radius 2 is 1.97 bits per heavy atom. The smallest absolute Gasteiger partial charge is 0.281 e. The van der Waals surface area contributed by atoms with Crippen LogP contribution >= 0.6 is 11.3 Å². The first-order valence-electron chi connectivity index (χ1n) is 9.93. The molecule has 0 saturated carbocycles. The molecular weight excluding hydrogens is 414 g/mol. The number of rotatable bonds is 5. The van der Waals surface area contributed by atoms with E-state index < -0.39 is 0 Å². The number of nitrogens with one attached hydrogen (secondary N) is 1. The minimum atomic E-state index is -0.341. The van der Waals surface area contributed by atoms with Gasteiger partial charge in [0.1, 0.15) is 11.2 Å². The SMILES string of the molecule is Cc1sc2ncn(NC(=O)CCc3nc(C(C)(C)C)no3)c(=O)c2c1-c1ccccc1. The van der Waals surface area contributed by atoms with Gasteiger partial charge >= 0.3 is 0 Å². The van der Waals surface area contributed by atoms with E-state index in [-0.39, 0.29) is 29.7 Å². The van der Waals surface area contributed by atoms with E-state index in [0.717, 1.165) is 20.7 Å². The van der Waals surface area contributed by atoms with Gasteiger partial charge in [0, 0.05) is 28.7 Å². The fraction of sp³-hybridized carbons (Fsp3) is 0.318. The van der Waals surface area contributed by atoms with E-state index in [1.807, 2.05) is 58.0 Å². The molecule has 8 nitrogen and oxygen atoms in total. The van der Waals surface area contributed by atoms with Gasteiger partial charge < -0.3 is 4.52 Å². The van der Waals surface area contributed by atoms with Crippen LogP contribution in [0.15, 0.2) is 46.0 Å². The molecule has 4 aromatic rings. The fourth-order valence-electron chi connectivity index (χ4n) is 3.21. The predicted octanol–water partition coefficient (Wildman–Crippen LogP) is 3.82. The summed E-state index contributed by atoms with van der Waals surface area (Å²) in [5.74, 6) is 0.642. The summed E-state index contributed by atoms with van der Waals surface area (Å²) in [5, 5.41) is 4.46. The zero-order chi connectivity index (χ0) is 22.2. The van der Waals surface area contributed by atoms with E-state index >= 15 is 0 Å². The molecule has 4 rings (SSSR count). The number of carbonyl (C=O) groups excluding carboxylic acids is 1. The van der Waals surface area contributed by atoms with E-state index in [0.29, 0.717) is 21.9 Å². The van der Waals surface area contributed by atoms with E-state index in [1.54, 1.807) is 0 Å². The lowest BCUT2D eigenvalue weighted by atomic mass is 9.96. The highest BCUT2D eigenvalue weighted by molar-refractivity contribution is 7.19. The van der Waals surface area contributed by atoms with E-state index in [2.05, 4.69) is 20.6 Å². The van der Waals surface area contributed by atoms with Gasteiger partial charge in [-0.15, -0.1) is 11.3 Å². The van der Waals surface area contributed by atoms with Crippen molar-refractivity contribution >= 4 is 27.5 Å². The van der Waals surface area contributed by atoms with Crippen LogP contribution in [0.4, 0.5) is 0 Å². The van der Waals surface area contributed by atoms with Crippen LogP contribution in [-0.2, 0) is 16.6 Å². The molecule has 160 valence electrons. The maximum absolute atomic E-state index is 13.1. The molecule has 3 aromatic heterocycles. The Balaban J connectivity index is 1.55. The van der Waals surface area contributed by atoms with Gasteiger partial charge in [-0.1, -0.05) is 56.3 Å². The molecule has 0 aliphatic heterocycles. The summed E-state index contributed by atoms with van der Waals surface area (Å²) in [6.45, 7) is 7.92. The van der Waals surface area contributed by atoms with Crippen molar-refractivity contribution in [3.63, 3.8) is 0 Å². The molecule has 0 bridgehead atoms. The van der Waals surface area contributed by atoms with E-state index in [9.17, 15) is 9.59 Å². The van der Waals surface area contributed by atoms with Gasteiger partial charge in [0.25, 0.3) is 5.56 Å². The molecule has 3 heterocycles. The Morgan fingerprint density at radius 3 is 2.65 bits per heavy atom. The quantitative estimate of drug-likeness (QED) is 0.509. The van der Waals surface area contributed by atoms with Crippen LogP contribution in [0.2, 0.25) is 0 Å². The summed E-state index contributed by atoms with van der Waals surface area (Å²) in [4.78, 5) is 35.9. The first-order valence-corrected chi connectivity index (χ1v) is 10.7. The molecule has 0 fully saturated rings. The molecule has 31 heavy (non-hydrogen) atoms. The van der Waals surface area contributed by atoms with Crippen molar-refractivity contribution in [3.05, 3.63) is 63.6 Å². The second-order valence-corrected chi connectivity index (χ2v) is 9.50. The third-order valence-corrected chi connectivity index (χ3v) is 5.81. The van der Waals surface area contributed by atoms with Crippen molar-refractivity contribution in [3.8, 4) is 11.1 Å². The summed E-state index contributed by atoms with van der Waals surface area (Å²) >= 11 is 1.46. The van der Waals surface area contributed by atoms with Crippen LogP contribution in [0, 0.1) is 6.92 Å². The number of amides is 1. The lowest BCUT2D eigenvalue weighted by Gasteiger charge is -2.10. The zero-order valence-corrected chi connectivity index (χ0v) is 18.6. The lowest BCUT2D eigenvalue weighted by molar-refractivity contribution is -0.117. The molecule has 0 aliphatic rings. The number of fused-ring (bicyclic) bond motifs is 1. The molecule has 1 N–H and O–H groups in total. The molecule has 0 radical (unpaired) electrons. The highest BCUT2D eigenvalue weighted by Crippen LogP contribution is 2.35. The monoisotopic (exact) mass is 437 g/mol. The van der Waals surface area contributed by atoms with Crippen LogP contribution in [0.3, 0.4) is 0 Å². The lowest BCUT2D eigenvalue weighted by Crippen LogP contribution is -2.33. The maximum atomic E-state index is 13.1. The summed E-state index contributed by atoms with van der Waals surface area (Å²) in [7, 11) is 0. The summed E-state index contributed by atoms with van der Waals surface area (Å²) in [5.41, 5.74) is 3.87. The normalized spacial score (nSPS) is 11.7. The van der Waals surface area contributed by atoms with Crippen LogP contribution in [0.1, 0.15) is 43.8 Å². The molecule has 0 unspecified atom stereocenters. The minimum Gasteiger partial charge on any atom is -0.339 e. The third kappa shape index (κ3) is 4.27. The molecule has 0 spiro atoms. The second kappa shape index (κ2) is 8.07. The van der Waals surface area contributed by atoms with Gasteiger partial charge in [0.2, 0.25) is 11.8 Å². The van der Waals surface area contributed by atoms with Crippen molar-refractivity contribution in [2.24, 2.45) is 0 Å². The van der Waals surface area contributed by atoms with Gasteiger partial charge in [-0.05, 0) is 12.5 Å². The molecule has 0 atom stereocenters. The van der Waals surface area contributed by atoms with Crippen LogP contribution in [0.25, 0.3) is 21.3 Å². The number of nitrogens with zero attached hydrogens (tertiary/aromatic N) is 4. The highest BCUT2D eigenvalue weighted by Gasteiger charge is 2.21. The second-order valence-electron chi connectivity index (χ2n) is 8.30. The standard InChI is InChI=1S/C22H23N5O3S/c1-13-17(14-8-6-5-7-9-14)18-19(31-13)23-12-27(20(18)29)25-15(28)10-11-16-24-21(26-30-16)22(2,3)4/h5-9,12H,10-11H2,1-4H3,(H,25,28). The average Bonchev–Trinajstić information content (AvgIpc) is 3.34. The van der Waals surface area contributed by atoms with Crippen LogP contribution < -0.4 is 11.0 Å². The van der Waals surface area contributed by atoms with Gasteiger partial charge in [0.15, 0.2) is 5.82 Å². The van der Waals surface area contributed by atoms with Crippen LogP contribution in [-0.4, -0.2) is 25.7 Å². The summed E-state index contributed by atoms with van der Waals surface area (Å²) < 4.78 is 6.36. The minimum absolute atomic E-state index is 0.102. The van der Waals surface area contributed by atoms with Crippen molar-refractivity contribution in [2.75, 3.05) is 5.43 Å².